The lowest BCUT2D eigenvalue weighted by Crippen LogP contribution is -1.99. The molecule has 2 N–H and O–H groups in total. The molecular weight excluding hydrogens is 164 g/mol. The summed E-state index contributed by atoms with van der Waals surface area (Å²) < 4.78 is 0. The van der Waals surface area contributed by atoms with Gasteiger partial charge in [0.15, 0.2) is 16.7 Å². The van der Waals surface area contributed by atoms with Crippen LogP contribution < -0.4 is 5.73 Å². The van der Waals surface area contributed by atoms with Crippen LogP contribution in [0.3, 0.4) is 0 Å². The summed E-state index contributed by atoms with van der Waals surface area (Å²) in [6.07, 6.45) is 0. The number of aryl methyl sites for hydroxylation is 1. The summed E-state index contributed by atoms with van der Waals surface area (Å²) in [5, 5.41) is 8.56. The molecule has 5 heteroatoms. The van der Waals surface area contributed by atoms with Gasteiger partial charge in [0.05, 0.1) is 5.69 Å². The van der Waals surface area contributed by atoms with Gasteiger partial charge in [-0.1, -0.05) is 11.6 Å². The van der Waals surface area contributed by atoms with Gasteiger partial charge in [-0.2, -0.15) is 5.26 Å². The van der Waals surface area contributed by atoms with Crippen molar-refractivity contribution >= 4 is 17.4 Å². The molecular formula is C6H5ClN4. The van der Waals surface area contributed by atoms with Crippen LogP contribution in [0.1, 0.15) is 11.4 Å². The van der Waals surface area contributed by atoms with Gasteiger partial charge in [0.2, 0.25) is 0 Å². The minimum Gasteiger partial charge on any atom is -0.381 e. The summed E-state index contributed by atoms with van der Waals surface area (Å²) in [6.45, 7) is 1.65. The largest absolute Gasteiger partial charge is 0.381 e. The van der Waals surface area contributed by atoms with E-state index in [1.165, 1.54) is 0 Å². The van der Waals surface area contributed by atoms with E-state index in [4.69, 9.17) is 22.6 Å². The van der Waals surface area contributed by atoms with Crippen molar-refractivity contribution in [2.24, 2.45) is 0 Å². The van der Waals surface area contributed by atoms with Crippen molar-refractivity contribution in [3.05, 3.63) is 16.5 Å². The SMILES string of the molecule is Cc1nc(N)c(Cl)nc1C#N. The van der Waals surface area contributed by atoms with E-state index in [0.717, 1.165) is 0 Å². The first-order valence-electron chi connectivity index (χ1n) is 2.85. The van der Waals surface area contributed by atoms with Gasteiger partial charge in [0.25, 0.3) is 0 Å². The first kappa shape index (κ1) is 7.76. The van der Waals surface area contributed by atoms with Gasteiger partial charge < -0.3 is 5.73 Å². The van der Waals surface area contributed by atoms with Crippen LogP contribution in [0.2, 0.25) is 5.15 Å². The summed E-state index contributed by atoms with van der Waals surface area (Å²) in [4.78, 5) is 7.51. The van der Waals surface area contributed by atoms with Crippen molar-refractivity contribution < 1.29 is 0 Å². The van der Waals surface area contributed by atoms with E-state index < -0.39 is 0 Å². The fraction of sp³-hybridized carbons (Fsp3) is 0.167. The minimum absolute atomic E-state index is 0.0761. The number of hydrogen-bond acceptors (Lipinski definition) is 4. The van der Waals surface area contributed by atoms with Crippen LogP contribution >= 0.6 is 11.6 Å². The molecule has 0 atom stereocenters. The second-order valence-corrected chi connectivity index (χ2v) is 2.30. The average Bonchev–Trinajstić information content (AvgIpc) is 1.97. The third kappa shape index (κ3) is 1.38. The van der Waals surface area contributed by atoms with Crippen molar-refractivity contribution in [1.29, 1.82) is 5.26 Å². The average molecular weight is 169 g/mol. The van der Waals surface area contributed by atoms with Crippen molar-refractivity contribution in [3.63, 3.8) is 0 Å². The first-order chi connectivity index (χ1) is 5.15. The maximum Gasteiger partial charge on any atom is 0.172 e. The lowest BCUT2D eigenvalue weighted by atomic mass is 10.3. The zero-order valence-electron chi connectivity index (χ0n) is 5.80. The highest BCUT2D eigenvalue weighted by Gasteiger charge is 2.04. The maximum absolute atomic E-state index is 8.48. The number of anilines is 1. The molecule has 56 valence electrons. The van der Waals surface area contributed by atoms with E-state index in [9.17, 15) is 0 Å². The third-order valence-electron chi connectivity index (χ3n) is 1.16. The van der Waals surface area contributed by atoms with Gasteiger partial charge in [-0.25, -0.2) is 9.97 Å². The third-order valence-corrected chi connectivity index (χ3v) is 1.44. The van der Waals surface area contributed by atoms with Gasteiger partial charge in [-0.05, 0) is 6.92 Å². The monoisotopic (exact) mass is 168 g/mol. The van der Waals surface area contributed by atoms with Crippen molar-refractivity contribution in [2.45, 2.75) is 6.92 Å². The minimum atomic E-state index is 0.0761. The molecule has 0 spiro atoms. The number of rotatable bonds is 0. The predicted molar refractivity (Wildman–Crippen MR) is 40.9 cm³/mol. The second-order valence-electron chi connectivity index (χ2n) is 1.95. The summed E-state index contributed by atoms with van der Waals surface area (Å²) in [5.74, 6) is 0.156. The normalized spacial score (nSPS) is 9.18. The van der Waals surface area contributed by atoms with Gasteiger partial charge in [-0.15, -0.1) is 0 Å². The lowest BCUT2D eigenvalue weighted by Gasteiger charge is -1.98. The van der Waals surface area contributed by atoms with Crippen molar-refractivity contribution in [1.82, 2.24) is 9.97 Å². The van der Waals surface area contributed by atoms with Crippen molar-refractivity contribution in [2.75, 3.05) is 5.73 Å². The Bertz CT molecular complexity index is 328. The number of nitrogens with two attached hydrogens (primary N) is 1. The van der Waals surface area contributed by atoms with Gasteiger partial charge in [-0.3, -0.25) is 0 Å². The van der Waals surface area contributed by atoms with E-state index in [-0.39, 0.29) is 16.7 Å². The standard InChI is InChI=1S/C6H5ClN4/c1-3-4(2-8)11-5(7)6(9)10-3/h1H3,(H2,9,10). The Labute approximate surface area is 68.6 Å². The van der Waals surface area contributed by atoms with E-state index in [2.05, 4.69) is 9.97 Å². The fourth-order valence-corrected chi connectivity index (χ4v) is 0.749. The number of nitrogens with zero attached hydrogens (tertiary/aromatic N) is 3. The molecule has 0 bridgehead atoms. The van der Waals surface area contributed by atoms with E-state index in [1.54, 1.807) is 6.92 Å². The molecule has 1 aromatic heterocycles. The summed E-state index contributed by atoms with van der Waals surface area (Å²) in [7, 11) is 0. The molecule has 1 heterocycles. The van der Waals surface area contributed by atoms with Gasteiger partial charge in [0, 0.05) is 0 Å². The number of hydrogen-bond donors (Lipinski definition) is 1. The highest BCUT2D eigenvalue weighted by Crippen LogP contribution is 2.14. The Hall–Kier alpha value is -1.34. The molecule has 11 heavy (non-hydrogen) atoms. The molecule has 0 saturated carbocycles. The molecule has 0 aliphatic heterocycles. The molecule has 0 unspecified atom stereocenters. The number of halogens is 1. The van der Waals surface area contributed by atoms with Crippen LogP contribution in [-0.4, -0.2) is 9.97 Å². The first-order valence-corrected chi connectivity index (χ1v) is 3.22. The molecule has 0 radical (unpaired) electrons. The van der Waals surface area contributed by atoms with Crippen LogP contribution in [-0.2, 0) is 0 Å². The molecule has 4 nitrogen and oxygen atoms in total. The smallest absolute Gasteiger partial charge is 0.172 e. The molecule has 1 aromatic rings. The second kappa shape index (κ2) is 2.72. The van der Waals surface area contributed by atoms with Gasteiger partial charge in [0.1, 0.15) is 6.07 Å². The molecule has 0 aliphatic rings. The van der Waals surface area contributed by atoms with Gasteiger partial charge >= 0.3 is 0 Å². The molecule has 0 saturated heterocycles. The molecule has 0 aliphatic carbocycles. The Morgan fingerprint density at radius 1 is 1.55 bits per heavy atom. The van der Waals surface area contributed by atoms with Crippen LogP contribution in [0.25, 0.3) is 0 Å². The van der Waals surface area contributed by atoms with Crippen LogP contribution in [0.15, 0.2) is 0 Å². The summed E-state index contributed by atoms with van der Waals surface area (Å²) in [6, 6.07) is 1.85. The van der Waals surface area contributed by atoms with E-state index in [0.29, 0.717) is 5.69 Å². The molecule has 0 amide bonds. The quantitative estimate of drug-likeness (QED) is 0.624. The molecule has 1 rings (SSSR count). The number of aromatic nitrogens is 2. The Kier molecular flexibility index (Phi) is 1.92. The van der Waals surface area contributed by atoms with Crippen LogP contribution in [0, 0.1) is 18.3 Å². The number of nitriles is 1. The van der Waals surface area contributed by atoms with Crippen LogP contribution in [0.4, 0.5) is 5.82 Å². The van der Waals surface area contributed by atoms with Crippen molar-refractivity contribution in [3.8, 4) is 6.07 Å². The van der Waals surface area contributed by atoms with Crippen LogP contribution in [0.5, 0.6) is 0 Å². The predicted octanol–water partition coefficient (Wildman–Crippen LogP) is 0.892. The Balaban J connectivity index is 3.35. The Morgan fingerprint density at radius 3 is 2.73 bits per heavy atom. The zero-order chi connectivity index (χ0) is 8.43. The zero-order valence-corrected chi connectivity index (χ0v) is 6.55. The number of nitrogen functional groups attached to an aromatic ring is 1. The molecule has 0 aromatic carbocycles. The highest BCUT2D eigenvalue weighted by atomic mass is 35.5. The topological polar surface area (TPSA) is 75.6 Å². The molecule has 0 fully saturated rings. The summed E-state index contributed by atoms with van der Waals surface area (Å²) >= 11 is 5.51. The summed E-state index contributed by atoms with van der Waals surface area (Å²) in [5.41, 5.74) is 6.04. The van der Waals surface area contributed by atoms with E-state index >= 15 is 0 Å². The fourth-order valence-electron chi connectivity index (χ4n) is 0.622. The highest BCUT2D eigenvalue weighted by molar-refractivity contribution is 6.31. The Morgan fingerprint density at radius 2 is 2.18 bits per heavy atom. The lowest BCUT2D eigenvalue weighted by molar-refractivity contribution is 1.10. The van der Waals surface area contributed by atoms with E-state index in [1.807, 2.05) is 6.07 Å². The maximum atomic E-state index is 8.48.